The molecule has 1 unspecified atom stereocenters. The van der Waals surface area contributed by atoms with E-state index in [-0.39, 0.29) is 0 Å². The molecule has 0 fully saturated rings. The lowest BCUT2D eigenvalue weighted by atomic mass is 10.3. The van der Waals surface area contributed by atoms with E-state index in [0.29, 0.717) is 10.00 Å². The molecule has 0 rings (SSSR count). The van der Waals surface area contributed by atoms with Gasteiger partial charge >= 0.3 is 0 Å². The van der Waals surface area contributed by atoms with Crippen molar-refractivity contribution in [1.29, 1.82) is 0 Å². The Bertz CT molecular complexity index is 88.1. The molecular weight excluding hydrogens is 184 g/mol. The summed E-state index contributed by atoms with van der Waals surface area (Å²) in [5.74, 6) is 0.744. The molecule has 10 heavy (non-hydrogen) atoms. The van der Waals surface area contributed by atoms with Crippen LogP contribution in [0.3, 0.4) is 0 Å². The molecule has 62 valence electrons. The van der Waals surface area contributed by atoms with Gasteiger partial charge in [0.2, 0.25) is 0 Å². The lowest BCUT2D eigenvalue weighted by Crippen LogP contribution is -2.07. The predicted molar refractivity (Wildman–Crippen MR) is 55.1 cm³/mol. The first-order valence-electron chi connectivity index (χ1n) is 3.36. The molecule has 0 bridgehead atoms. The van der Waals surface area contributed by atoms with E-state index in [1.54, 1.807) is 0 Å². The van der Waals surface area contributed by atoms with Crippen LogP contribution in [0.15, 0.2) is 0 Å². The second kappa shape index (κ2) is 4.78. The maximum Gasteiger partial charge on any atom is 0.0348 e. The van der Waals surface area contributed by atoms with E-state index in [9.17, 15) is 0 Å². The Morgan fingerprint density at radius 3 is 2.20 bits per heavy atom. The van der Waals surface area contributed by atoms with Gasteiger partial charge in [0.25, 0.3) is 0 Å². The minimum Gasteiger partial charge on any atom is -0.125 e. The SMILES string of the molecule is CC(CCl)SSC(C)(C)C. The molecule has 0 aliphatic rings. The van der Waals surface area contributed by atoms with Crippen molar-refractivity contribution in [3.8, 4) is 0 Å². The Balaban J connectivity index is 3.36. The standard InChI is InChI=1S/C7H15ClS2/c1-6(5-8)9-10-7(2,3)4/h6H,5H2,1-4H3. The summed E-state index contributed by atoms with van der Waals surface area (Å²) in [6.07, 6.45) is 0. The van der Waals surface area contributed by atoms with Gasteiger partial charge < -0.3 is 0 Å². The zero-order valence-corrected chi connectivity index (χ0v) is 9.37. The summed E-state index contributed by atoms with van der Waals surface area (Å²) in [5.41, 5.74) is 0. The van der Waals surface area contributed by atoms with Crippen LogP contribution in [0.5, 0.6) is 0 Å². The molecule has 0 saturated carbocycles. The average molecular weight is 199 g/mol. The largest absolute Gasteiger partial charge is 0.125 e. The van der Waals surface area contributed by atoms with E-state index in [1.807, 2.05) is 21.6 Å². The number of alkyl halides is 1. The van der Waals surface area contributed by atoms with Gasteiger partial charge in [-0.3, -0.25) is 0 Å². The average Bonchev–Trinajstić information content (AvgIpc) is 1.81. The van der Waals surface area contributed by atoms with Gasteiger partial charge in [-0.25, -0.2) is 0 Å². The highest BCUT2D eigenvalue weighted by Gasteiger charge is 2.12. The molecule has 0 saturated heterocycles. The van der Waals surface area contributed by atoms with E-state index in [2.05, 4.69) is 27.7 Å². The molecule has 0 radical (unpaired) electrons. The van der Waals surface area contributed by atoms with Crippen LogP contribution in [0.1, 0.15) is 27.7 Å². The van der Waals surface area contributed by atoms with E-state index in [4.69, 9.17) is 11.6 Å². The molecule has 0 aliphatic heterocycles. The van der Waals surface area contributed by atoms with Crippen LogP contribution in [0.4, 0.5) is 0 Å². The third-order valence-electron chi connectivity index (χ3n) is 0.680. The fourth-order valence-corrected chi connectivity index (χ4v) is 2.73. The van der Waals surface area contributed by atoms with Crippen LogP contribution in [-0.4, -0.2) is 15.9 Å². The second-order valence-corrected chi connectivity index (χ2v) is 7.03. The minimum atomic E-state index is 0.352. The first kappa shape index (κ1) is 11.0. The summed E-state index contributed by atoms with van der Waals surface area (Å²) in [7, 11) is 3.77. The van der Waals surface area contributed by atoms with Crippen LogP contribution in [0.2, 0.25) is 0 Å². The minimum absolute atomic E-state index is 0.352. The van der Waals surface area contributed by atoms with Gasteiger partial charge in [-0.2, -0.15) is 0 Å². The van der Waals surface area contributed by atoms with Crippen LogP contribution in [0, 0.1) is 0 Å². The van der Waals surface area contributed by atoms with Crippen LogP contribution >= 0.6 is 33.2 Å². The molecule has 0 aromatic heterocycles. The number of hydrogen-bond donors (Lipinski definition) is 0. The third kappa shape index (κ3) is 7.10. The van der Waals surface area contributed by atoms with Crippen molar-refractivity contribution in [3.05, 3.63) is 0 Å². The summed E-state index contributed by atoms with van der Waals surface area (Å²) in [5, 5.41) is 0.561. The van der Waals surface area contributed by atoms with E-state index in [0.717, 1.165) is 5.88 Å². The molecule has 0 aliphatic carbocycles. The summed E-state index contributed by atoms with van der Waals surface area (Å²) < 4.78 is 0.352. The highest BCUT2D eigenvalue weighted by molar-refractivity contribution is 8.77. The molecule has 0 amide bonds. The summed E-state index contributed by atoms with van der Waals surface area (Å²) in [6, 6.07) is 0. The van der Waals surface area contributed by atoms with E-state index >= 15 is 0 Å². The highest BCUT2D eigenvalue weighted by atomic mass is 35.5. The van der Waals surface area contributed by atoms with Crippen LogP contribution in [0.25, 0.3) is 0 Å². The van der Waals surface area contributed by atoms with Crippen LogP contribution < -0.4 is 0 Å². The zero-order valence-electron chi connectivity index (χ0n) is 6.98. The lowest BCUT2D eigenvalue weighted by molar-refractivity contribution is 0.810. The monoisotopic (exact) mass is 198 g/mol. The molecule has 3 heteroatoms. The Hall–Kier alpha value is 0.990. The van der Waals surface area contributed by atoms with Gasteiger partial charge in [-0.05, 0) is 0 Å². The lowest BCUT2D eigenvalue weighted by Gasteiger charge is -2.18. The van der Waals surface area contributed by atoms with Crippen molar-refractivity contribution in [3.63, 3.8) is 0 Å². The van der Waals surface area contributed by atoms with Crippen LogP contribution in [-0.2, 0) is 0 Å². The van der Waals surface area contributed by atoms with Gasteiger partial charge in [0.15, 0.2) is 0 Å². The van der Waals surface area contributed by atoms with Crippen molar-refractivity contribution in [2.24, 2.45) is 0 Å². The first-order valence-corrected chi connectivity index (χ1v) is 6.11. The van der Waals surface area contributed by atoms with Gasteiger partial charge in [-0.1, -0.05) is 49.3 Å². The first-order chi connectivity index (χ1) is 4.45. The van der Waals surface area contributed by atoms with Crippen molar-refractivity contribution in [2.45, 2.75) is 37.7 Å². The maximum atomic E-state index is 5.65. The summed E-state index contributed by atoms with van der Waals surface area (Å²) in [4.78, 5) is 0. The molecule has 0 nitrogen and oxygen atoms in total. The molecule has 0 aromatic carbocycles. The predicted octanol–water partition coefficient (Wildman–Crippen LogP) is 3.79. The quantitative estimate of drug-likeness (QED) is 0.500. The Kier molecular flexibility index (Phi) is 5.26. The molecule has 1 atom stereocenters. The molecular formula is C7H15ClS2. The fourth-order valence-electron chi connectivity index (χ4n) is 0.252. The van der Waals surface area contributed by atoms with E-state index in [1.165, 1.54) is 0 Å². The molecule has 0 N–H and O–H groups in total. The van der Waals surface area contributed by atoms with Crippen molar-refractivity contribution >= 4 is 33.2 Å². The van der Waals surface area contributed by atoms with Crippen molar-refractivity contribution in [2.75, 3.05) is 5.88 Å². The van der Waals surface area contributed by atoms with Gasteiger partial charge in [0.1, 0.15) is 0 Å². The Labute approximate surface area is 76.9 Å². The van der Waals surface area contributed by atoms with Gasteiger partial charge in [-0.15, -0.1) is 11.6 Å². The molecule has 0 heterocycles. The topological polar surface area (TPSA) is 0 Å². The fraction of sp³-hybridized carbons (Fsp3) is 1.00. The third-order valence-corrected chi connectivity index (χ3v) is 5.19. The Morgan fingerprint density at radius 1 is 1.40 bits per heavy atom. The van der Waals surface area contributed by atoms with E-state index < -0.39 is 0 Å². The maximum absolute atomic E-state index is 5.65. The smallest absolute Gasteiger partial charge is 0.0348 e. The normalized spacial score (nSPS) is 15.3. The highest BCUT2D eigenvalue weighted by Crippen LogP contribution is 2.37. The number of rotatable bonds is 3. The molecule has 0 spiro atoms. The summed E-state index contributed by atoms with van der Waals surface area (Å²) in [6.45, 7) is 8.79. The van der Waals surface area contributed by atoms with Gasteiger partial charge in [0.05, 0.1) is 0 Å². The second-order valence-electron chi connectivity index (χ2n) is 3.26. The van der Waals surface area contributed by atoms with Crippen molar-refractivity contribution < 1.29 is 0 Å². The molecule has 0 aromatic rings. The Morgan fingerprint density at radius 2 is 1.90 bits per heavy atom. The van der Waals surface area contributed by atoms with Crippen molar-refractivity contribution in [1.82, 2.24) is 0 Å². The zero-order chi connectivity index (χ0) is 8.20. The number of hydrogen-bond acceptors (Lipinski definition) is 2. The van der Waals surface area contributed by atoms with Gasteiger partial charge in [0, 0.05) is 15.9 Å². The summed E-state index contributed by atoms with van der Waals surface area (Å²) >= 11 is 5.65. The number of halogens is 1.